The standard InChI is InChI=1S/C10H17N3O/c1-3-8(11-4-2)10-12-9(13-14-10)7-5-6-7/h7-8,11H,3-6H2,1-2H3. The van der Waals surface area contributed by atoms with E-state index in [9.17, 15) is 0 Å². The van der Waals surface area contributed by atoms with Gasteiger partial charge in [-0.2, -0.15) is 4.98 Å². The second kappa shape index (κ2) is 4.09. The molecule has 0 aliphatic heterocycles. The van der Waals surface area contributed by atoms with Gasteiger partial charge in [-0.25, -0.2) is 0 Å². The Morgan fingerprint density at radius 3 is 2.86 bits per heavy atom. The monoisotopic (exact) mass is 195 g/mol. The normalized spacial score (nSPS) is 18.4. The molecule has 4 nitrogen and oxygen atoms in total. The molecule has 0 amide bonds. The van der Waals surface area contributed by atoms with Crippen LogP contribution in [0.2, 0.25) is 0 Å². The van der Waals surface area contributed by atoms with Gasteiger partial charge in [-0.15, -0.1) is 0 Å². The summed E-state index contributed by atoms with van der Waals surface area (Å²) in [6.07, 6.45) is 3.42. The lowest BCUT2D eigenvalue weighted by atomic mass is 10.2. The van der Waals surface area contributed by atoms with Crippen LogP contribution < -0.4 is 5.32 Å². The van der Waals surface area contributed by atoms with Crippen LogP contribution in [0.3, 0.4) is 0 Å². The Morgan fingerprint density at radius 2 is 2.29 bits per heavy atom. The van der Waals surface area contributed by atoms with Gasteiger partial charge in [0, 0.05) is 5.92 Å². The molecule has 0 aromatic carbocycles. The summed E-state index contributed by atoms with van der Waals surface area (Å²) in [6.45, 7) is 5.13. The van der Waals surface area contributed by atoms with Gasteiger partial charge in [0.05, 0.1) is 6.04 Å². The third-order valence-electron chi connectivity index (χ3n) is 2.56. The molecular weight excluding hydrogens is 178 g/mol. The highest BCUT2D eigenvalue weighted by Gasteiger charge is 2.29. The number of rotatable bonds is 5. The van der Waals surface area contributed by atoms with Gasteiger partial charge < -0.3 is 9.84 Å². The van der Waals surface area contributed by atoms with E-state index in [0.29, 0.717) is 5.92 Å². The molecule has 1 unspecified atom stereocenters. The van der Waals surface area contributed by atoms with Crippen molar-refractivity contribution in [1.29, 1.82) is 0 Å². The highest BCUT2D eigenvalue weighted by Crippen LogP contribution is 2.38. The van der Waals surface area contributed by atoms with E-state index in [0.717, 1.165) is 24.7 Å². The molecule has 0 saturated heterocycles. The average Bonchev–Trinajstić information content (AvgIpc) is 2.94. The van der Waals surface area contributed by atoms with Crippen LogP contribution in [0.15, 0.2) is 4.52 Å². The van der Waals surface area contributed by atoms with Gasteiger partial charge in [0.1, 0.15) is 0 Å². The predicted molar refractivity (Wildman–Crippen MR) is 53.0 cm³/mol. The summed E-state index contributed by atoms with van der Waals surface area (Å²) in [5.41, 5.74) is 0. The van der Waals surface area contributed by atoms with E-state index in [-0.39, 0.29) is 6.04 Å². The van der Waals surface area contributed by atoms with Crippen molar-refractivity contribution >= 4 is 0 Å². The SMILES string of the molecule is CCNC(CC)c1nc(C2CC2)no1. The van der Waals surface area contributed by atoms with Crippen molar-refractivity contribution in [3.63, 3.8) is 0 Å². The van der Waals surface area contributed by atoms with Crippen molar-refractivity contribution in [3.8, 4) is 0 Å². The molecule has 4 heteroatoms. The fraction of sp³-hybridized carbons (Fsp3) is 0.800. The third kappa shape index (κ3) is 1.95. The Morgan fingerprint density at radius 1 is 1.50 bits per heavy atom. The number of nitrogens with zero attached hydrogens (tertiary/aromatic N) is 2. The van der Waals surface area contributed by atoms with Gasteiger partial charge in [-0.05, 0) is 25.8 Å². The largest absolute Gasteiger partial charge is 0.338 e. The van der Waals surface area contributed by atoms with Crippen molar-refractivity contribution in [2.45, 2.75) is 45.1 Å². The maximum absolute atomic E-state index is 5.25. The zero-order valence-corrected chi connectivity index (χ0v) is 8.79. The molecule has 1 aromatic rings. The second-order valence-corrected chi connectivity index (χ2v) is 3.78. The summed E-state index contributed by atoms with van der Waals surface area (Å²) >= 11 is 0. The molecule has 1 heterocycles. The minimum absolute atomic E-state index is 0.222. The molecule has 0 bridgehead atoms. The molecule has 1 fully saturated rings. The summed E-state index contributed by atoms with van der Waals surface area (Å²) in [4.78, 5) is 4.42. The van der Waals surface area contributed by atoms with Gasteiger partial charge in [0.2, 0.25) is 5.89 Å². The lowest BCUT2D eigenvalue weighted by Crippen LogP contribution is -2.20. The first-order valence-corrected chi connectivity index (χ1v) is 5.42. The van der Waals surface area contributed by atoms with Gasteiger partial charge in [-0.3, -0.25) is 0 Å². The number of aromatic nitrogens is 2. The van der Waals surface area contributed by atoms with E-state index in [4.69, 9.17) is 4.52 Å². The van der Waals surface area contributed by atoms with Crippen LogP contribution in [-0.2, 0) is 0 Å². The first-order valence-electron chi connectivity index (χ1n) is 5.42. The molecule has 1 N–H and O–H groups in total. The van der Waals surface area contributed by atoms with Crippen LogP contribution in [0.25, 0.3) is 0 Å². The lowest BCUT2D eigenvalue weighted by Gasteiger charge is -2.09. The molecule has 0 spiro atoms. The minimum Gasteiger partial charge on any atom is -0.338 e. The van der Waals surface area contributed by atoms with Crippen LogP contribution in [0.4, 0.5) is 0 Å². The summed E-state index contributed by atoms with van der Waals surface area (Å²) in [5.74, 6) is 2.22. The van der Waals surface area contributed by atoms with Crippen molar-refractivity contribution < 1.29 is 4.52 Å². The highest BCUT2D eigenvalue weighted by molar-refractivity contribution is 5.04. The van der Waals surface area contributed by atoms with E-state index in [1.165, 1.54) is 12.8 Å². The quantitative estimate of drug-likeness (QED) is 0.780. The molecule has 0 radical (unpaired) electrons. The number of hydrogen-bond acceptors (Lipinski definition) is 4. The molecule has 2 rings (SSSR count). The molecular formula is C10H17N3O. The Bertz CT molecular complexity index is 293. The van der Waals surface area contributed by atoms with E-state index < -0.39 is 0 Å². The maximum atomic E-state index is 5.25. The molecule has 1 aliphatic carbocycles. The maximum Gasteiger partial charge on any atom is 0.243 e. The first kappa shape index (κ1) is 9.65. The fourth-order valence-corrected chi connectivity index (χ4v) is 1.55. The zero-order valence-electron chi connectivity index (χ0n) is 8.79. The van der Waals surface area contributed by atoms with Crippen molar-refractivity contribution in [2.75, 3.05) is 6.54 Å². The predicted octanol–water partition coefficient (Wildman–Crippen LogP) is 2.01. The molecule has 78 valence electrons. The van der Waals surface area contributed by atoms with Gasteiger partial charge in [0.25, 0.3) is 0 Å². The van der Waals surface area contributed by atoms with Crippen molar-refractivity contribution in [1.82, 2.24) is 15.5 Å². The van der Waals surface area contributed by atoms with Crippen LogP contribution in [0.5, 0.6) is 0 Å². The molecule has 1 aromatic heterocycles. The topological polar surface area (TPSA) is 51.0 Å². The Kier molecular flexibility index (Phi) is 2.82. The van der Waals surface area contributed by atoms with Crippen LogP contribution in [-0.4, -0.2) is 16.7 Å². The van der Waals surface area contributed by atoms with Gasteiger partial charge >= 0.3 is 0 Å². The second-order valence-electron chi connectivity index (χ2n) is 3.78. The zero-order chi connectivity index (χ0) is 9.97. The Hall–Kier alpha value is -0.900. The van der Waals surface area contributed by atoms with Gasteiger partial charge in [0.15, 0.2) is 5.82 Å². The molecule has 1 aliphatic rings. The van der Waals surface area contributed by atoms with Crippen molar-refractivity contribution in [3.05, 3.63) is 11.7 Å². The van der Waals surface area contributed by atoms with E-state index in [2.05, 4.69) is 29.3 Å². The first-order chi connectivity index (χ1) is 6.85. The third-order valence-corrected chi connectivity index (χ3v) is 2.56. The molecule has 14 heavy (non-hydrogen) atoms. The molecule has 1 atom stereocenters. The van der Waals surface area contributed by atoms with Crippen molar-refractivity contribution in [2.24, 2.45) is 0 Å². The Labute approximate surface area is 84.1 Å². The average molecular weight is 195 g/mol. The summed E-state index contributed by atoms with van der Waals surface area (Å²) < 4.78 is 5.25. The summed E-state index contributed by atoms with van der Waals surface area (Å²) in [6, 6.07) is 0.222. The lowest BCUT2D eigenvalue weighted by molar-refractivity contribution is 0.325. The minimum atomic E-state index is 0.222. The van der Waals surface area contributed by atoms with E-state index >= 15 is 0 Å². The summed E-state index contributed by atoms with van der Waals surface area (Å²) in [5, 5.41) is 7.33. The molecule has 1 saturated carbocycles. The van der Waals surface area contributed by atoms with E-state index in [1.807, 2.05) is 0 Å². The number of nitrogens with one attached hydrogen (secondary N) is 1. The van der Waals surface area contributed by atoms with Gasteiger partial charge in [-0.1, -0.05) is 19.0 Å². The summed E-state index contributed by atoms with van der Waals surface area (Å²) in [7, 11) is 0. The fourth-order valence-electron chi connectivity index (χ4n) is 1.55. The highest BCUT2D eigenvalue weighted by atomic mass is 16.5. The van der Waals surface area contributed by atoms with Crippen LogP contribution in [0.1, 0.15) is 56.8 Å². The van der Waals surface area contributed by atoms with E-state index in [1.54, 1.807) is 0 Å². The van der Waals surface area contributed by atoms with Crippen LogP contribution >= 0.6 is 0 Å². The number of hydrogen-bond donors (Lipinski definition) is 1. The Balaban J connectivity index is 2.05. The van der Waals surface area contributed by atoms with Crippen LogP contribution in [0, 0.1) is 0 Å². The smallest absolute Gasteiger partial charge is 0.243 e.